The summed E-state index contributed by atoms with van der Waals surface area (Å²) in [7, 11) is 0. The minimum atomic E-state index is -2.14. The first-order valence-electron chi connectivity index (χ1n) is 7.61. The molecule has 2 N–H and O–H groups in total. The van der Waals surface area contributed by atoms with Crippen molar-refractivity contribution in [1.29, 1.82) is 0 Å². The van der Waals surface area contributed by atoms with Gasteiger partial charge in [-0.3, -0.25) is 9.00 Å². The number of hydrogen-bond donors (Lipinski definition) is 1. The number of esters is 1. The monoisotopic (exact) mass is 324 g/mol. The van der Waals surface area contributed by atoms with Crippen LogP contribution in [0.4, 0.5) is 5.69 Å². The highest BCUT2D eigenvalue weighted by atomic mass is 32.2. The molecule has 1 fully saturated rings. The molecule has 1 aliphatic rings. The number of benzene rings is 1. The van der Waals surface area contributed by atoms with E-state index in [1.54, 1.807) is 13.0 Å². The summed E-state index contributed by atoms with van der Waals surface area (Å²) >= 11 is -2.14. The Kier molecular flexibility index (Phi) is 5.97. The minimum Gasteiger partial charge on any atom is -0.772 e. The van der Waals surface area contributed by atoms with Gasteiger partial charge in [0.15, 0.2) is 0 Å². The second-order valence-electron chi connectivity index (χ2n) is 5.74. The van der Waals surface area contributed by atoms with Crippen molar-refractivity contribution in [2.45, 2.75) is 44.3 Å². The molecule has 0 bridgehead atoms. The van der Waals surface area contributed by atoms with Crippen LogP contribution in [0, 0.1) is 5.92 Å². The van der Waals surface area contributed by atoms with Crippen molar-refractivity contribution in [3.63, 3.8) is 0 Å². The molecule has 1 aliphatic carbocycles. The molecule has 0 aliphatic heterocycles. The molecule has 6 heteroatoms. The van der Waals surface area contributed by atoms with Crippen LogP contribution in [0.15, 0.2) is 18.2 Å². The molecule has 0 radical (unpaired) electrons. The Labute approximate surface area is 133 Å². The van der Waals surface area contributed by atoms with E-state index in [4.69, 9.17) is 10.5 Å². The zero-order chi connectivity index (χ0) is 16.1. The molecular weight excluding hydrogens is 302 g/mol. The Bertz CT molecular complexity index is 561. The summed E-state index contributed by atoms with van der Waals surface area (Å²) < 4.78 is 26.9. The van der Waals surface area contributed by atoms with Gasteiger partial charge in [-0.1, -0.05) is 36.6 Å². The van der Waals surface area contributed by atoms with Crippen LogP contribution in [0.3, 0.4) is 0 Å². The maximum Gasteiger partial charge on any atom is 0.305 e. The second-order valence-corrected chi connectivity index (χ2v) is 6.64. The van der Waals surface area contributed by atoms with Gasteiger partial charge in [0.2, 0.25) is 0 Å². The third kappa shape index (κ3) is 4.30. The predicted octanol–water partition coefficient (Wildman–Crippen LogP) is 2.48. The number of ether oxygens (including phenoxy) is 1. The lowest BCUT2D eigenvalue weighted by atomic mass is 9.88. The second kappa shape index (κ2) is 7.74. The molecule has 22 heavy (non-hydrogen) atoms. The molecule has 3 atom stereocenters. The maximum atomic E-state index is 11.3. The molecule has 0 aromatic heterocycles. The molecule has 1 saturated carbocycles. The molecule has 0 heterocycles. The lowest BCUT2D eigenvalue weighted by Gasteiger charge is -2.21. The first kappa shape index (κ1) is 17.0. The van der Waals surface area contributed by atoms with E-state index in [9.17, 15) is 13.6 Å². The topological polar surface area (TPSA) is 92.5 Å². The van der Waals surface area contributed by atoms with Gasteiger partial charge < -0.3 is 15.0 Å². The van der Waals surface area contributed by atoms with Gasteiger partial charge in [-0.2, -0.15) is 0 Å². The summed E-state index contributed by atoms with van der Waals surface area (Å²) in [5.74, 6) is 0.403. The summed E-state index contributed by atoms with van der Waals surface area (Å²) in [6, 6.07) is 5.60. The van der Waals surface area contributed by atoms with Gasteiger partial charge >= 0.3 is 5.97 Å². The molecule has 3 unspecified atom stereocenters. The SMILES string of the molecule is CCC(=O)OCC1CCCC1c1ccc(CS(=O)[O-])c(N)c1. The van der Waals surface area contributed by atoms with Gasteiger partial charge in [0, 0.05) is 17.9 Å². The van der Waals surface area contributed by atoms with Crippen molar-refractivity contribution in [3.05, 3.63) is 29.3 Å². The molecule has 5 nitrogen and oxygen atoms in total. The van der Waals surface area contributed by atoms with Crippen molar-refractivity contribution in [2.75, 3.05) is 12.3 Å². The van der Waals surface area contributed by atoms with Crippen molar-refractivity contribution in [3.8, 4) is 0 Å². The Morgan fingerprint density at radius 1 is 1.45 bits per heavy atom. The van der Waals surface area contributed by atoms with E-state index in [-0.39, 0.29) is 11.7 Å². The van der Waals surface area contributed by atoms with Crippen LogP contribution in [-0.4, -0.2) is 21.3 Å². The van der Waals surface area contributed by atoms with Crippen LogP contribution in [-0.2, 0) is 26.4 Å². The number of carbonyl (C=O) groups excluding carboxylic acids is 1. The van der Waals surface area contributed by atoms with Gasteiger partial charge in [0.05, 0.1) is 6.61 Å². The third-order valence-corrected chi connectivity index (χ3v) is 4.82. The molecule has 1 aromatic carbocycles. The summed E-state index contributed by atoms with van der Waals surface area (Å²) in [6.45, 7) is 2.23. The van der Waals surface area contributed by atoms with Crippen LogP contribution >= 0.6 is 0 Å². The number of nitrogen functional groups attached to an aromatic ring is 1. The van der Waals surface area contributed by atoms with Gasteiger partial charge in [0.25, 0.3) is 0 Å². The Hall–Kier alpha value is -1.40. The third-order valence-electron chi connectivity index (χ3n) is 4.28. The quantitative estimate of drug-likeness (QED) is 0.493. The maximum absolute atomic E-state index is 11.3. The van der Waals surface area contributed by atoms with Crippen molar-refractivity contribution >= 4 is 22.7 Å². The van der Waals surface area contributed by atoms with Gasteiger partial charge in [-0.05, 0) is 41.9 Å². The van der Waals surface area contributed by atoms with E-state index in [0.29, 0.717) is 36.1 Å². The molecule has 0 spiro atoms. The predicted molar refractivity (Wildman–Crippen MR) is 84.8 cm³/mol. The van der Waals surface area contributed by atoms with Crippen molar-refractivity contribution < 1.29 is 18.3 Å². The lowest BCUT2D eigenvalue weighted by Crippen LogP contribution is -2.16. The molecule has 2 rings (SSSR count). The van der Waals surface area contributed by atoms with Gasteiger partial charge in [0.1, 0.15) is 0 Å². The first-order chi connectivity index (χ1) is 10.5. The first-order valence-corrected chi connectivity index (χ1v) is 8.85. The van der Waals surface area contributed by atoms with E-state index in [1.165, 1.54) is 0 Å². The summed E-state index contributed by atoms with van der Waals surface area (Å²) in [4.78, 5) is 11.3. The fourth-order valence-electron chi connectivity index (χ4n) is 3.08. The van der Waals surface area contributed by atoms with E-state index < -0.39 is 11.1 Å². The average molecular weight is 324 g/mol. The Balaban J connectivity index is 2.07. The van der Waals surface area contributed by atoms with Crippen LogP contribution in [0.5, 0.6) is 0 Å². The van der Waals surface area contributed by atoms with E-state index in [1.807, 2.05) is 12.1 Å². The zero-order valence-electron chi connectivity index (χ0n) is 12.7. The Morgan fingerprint density at radius 3 is 2.86 bits per heavy atom. The highest BCUT2D eigenvalue weighted by molar-refractivity contribution is 7.78. The number of rotatable bonds is 6. The highest BCUT2D eigenvalue weighted by Crippen LogP contribution is 2.40. The summed E-state index contributed by atoms with van der Waals surface area (Å²) in [5, 5.41) is 0. The zero-order valence-corrected chi connectivity index (χ0v) is 13.6. The number of carbonyl (C=O) groups is 1. The fraction of sp³-hybridized carbons (Fsp3) is 0.562. The van der Waals surface area contributed by atoms with Gasteiger partial charge in [-0.15, -0.1) is 0 Å². The van der Waals surface area contributed by atoms with Crippen LogP contribution in [0.2, 0.25) is 0 Å². The highest BCUT2D eigenvalue weighted by Gasteiger charge is 2.29. The van der Waals surface area contributed by atoms with Crippen LogP contribution < -0.4 is 5.73 Å². The van der Waals surface area contributed by atoms with Crippen molar-refractivity contribution in [1.82, 2.24) is 0 Å². The fourth-order valence-corrected chi connectivity index (χ4v) is 3.60. The van der Waals surface area contributed by atoms with Crippen molar-refractivity contribution in [2.24, 2.45) is 5.92 Å². The molecule has 1 aromatic rings. The number of nitrogens with two attached hydrogens (primary N) is 1. The van der Waals surface area contributed by atoms with E-state index in [0.717, 1.165) is 24.8 Å². The molecular formula is C16H22NO4S-. The molecule has 0 amide bonds. The minimum absolute atomic E-state index is 0.0612. The van der Waals surface area contributed by atoms with Crippen LogP contribution in [0.1, 0.15) is 49.7 Å². The smallest absolute Gasteiger partial charge is 0.305 e. The number of anilines is 1. The van der Waals surface area contributed by atoms with Crippen LogP contribution in [0.25, 0.3) is 0 Å². The standard InChI is InChI=1S/C16H23NO4S/c1-2-16(18)21-9-12-4-3-5-14(12)11-6-7-13(10-22(19)20)15(17)8-11/h6-8,12,14H,2-5,9-10,17H2,1H3,(H,19,20)/p-1. The lowest BCUT2D eigenvalue weighted by molar-refractivity contribution is -0.144. The molecule has 0 saturated heterocycles. The summed E-state index contributed by atoms with van der Waals surface area (Å²) in [6.07, 6.45) is 3.57. The number of hydrogen-bond acceptors (Lipinski definition) is 5. The van der Waals surface area contributed by atoms with E-state index in [2.05, 4.69) is 0 Å². The summed E-state index contributed by atoms with van der Waals surface area (Å²) in [5.41, 5.74) is 8.21. The van der Waals surface area contributed by atoms with Gasteiger partial charge in [-0.25, -0.2) is 0 Å². The normalized spacial score (nSPS) is 22.5. The Morgan fingerprint density at radius 2 is 2.23 bits per heavy atom. The molecule has 122 valence electrons. The largest absolute Gasteiger partial charge is 0.772 e. The van der Waals surface area contributed by atoms with E-state index >= 15 is 0 Å². The average Bonchev–Trinajstić information content (AvgIpc) is 2.94.